The van der Waals surface area contributed by atoms with Crippen LogP contribution in [0.15, 0.2) is 114 Å². The summed E-state index contributed by atoms with van der Waals surface area (Å²) in [7, 11) is -2.74. The van der Waals surface area contributed by atoms with E-state index in [0.29, 0.717) is 10.6 Å². The van der Waals surface area contributed by atoms with Crippen LogP contribution < -0.4 is 9.62 Å². The van der Waals surface area contributed by atoms with Gasteiger partial charge in [-0.2, -0.15) is 0 Å². The fourth-order valence-corrected chi connectivity index (χ4v) is 6.00. The number of carbonyl (C=O) groups is 2. The summed E-state index contributed by atoms with van der Waals surface area (Å²) in [6.45, 7) is -0.667. The number of anilines is 1. The van der Waals surface area contributed by atoms with E-state index in [2.05, 4.69) is 5.32 Å². The highest BCUT2D eigenvalue weighted by Crippen LogP contribution is 2.27. The number of halogens is 2. The zero-order valence-corrected chi connectivity index (χ0v) is 23.9. The number of benzene rings is 4. The molecule has 0 radical (unpaired) electrons. The van der Waals surface area contributed by atoms with Crippen LogP contribution in [0.2, 0.25) is 5.02 Å². The predicted molar refractivity (Wildman–Crippen MR) is 157 cm³/mol. The van der Waals surface area contributed by atoms with Gasteiger partial charge in [0.1, 0.15) is 18.4 Å². The normalized spacial score (nSPS) is 11.9. The number of sulfonamides is 1. The summed E-state index contributed by atoms with van der Waals surface area (Å²) in [6, 6.07) is 27.7. The fourth-order valence-electron chi connectivity index (χ4n) is 4.39. The third-order valence-electron chi connectivity index (χ3n) is 6.49. The van der Waals surface area contributed by atoms with Crippen molar-refractivity contribution < 1.29 is 22.4 Å². The first kappa shape index (κ1) is 29.8. The first-order valence-corrected chi connectivity index (χ1v) is 14.6. The van der Waals surface area contributed by atoms with Gasteiger partial charge in [-0.25, -0.2) is 12.8 Å². The Bertz CT molecular complexity index is 1590. The Balaban J connectivity index is 1.78. The molecular formula is C31H29ClFN3O4S. The zero-order valence-electron chi connectivity index (χ0n) is 22.3. The SMILES string of the molecule is CNC(=O)[C@@H](Cc1ccccc1)N(Cc1ccc(F)cc1)C(=O)CN(c1cccc(Cl)c1)S(=O)(=O)c1ccccc1. The number of hydrogen-bond acceptors (Lipinski definition) is 4. The molecule has 0 aliphatic rings. The molecule has 4 aromatic carbocycles. The van der Waals surface area contributed by atoms with Crippen molar-refractivity contribution in [2.75, 3.05) is 17.9 Å². The molecule has 0 bridgehead atoms. The molecule has 7 nitrogen and oxygen atoms in total. The van der Waals surface area contributed by atoms with E-state index in [9.17, 15) is 22.4 Å². The molecule has 10 heteroatoms. The maximum absolute atomic E-state index is 14.1. The lowest BCUT2D eigenvalue weighted by Crippen LogP contribution is -2.53. The molecule has 0 heterocycles. The van der Waals surface area contributed by atoms with Gasteiger partial charge >= 0.3 is 0 Å². The summed E-state index contributed by atoms with van der Waals surface area (Å²) in [5.41, 5.74) is 1.57. The Labute approximate surface area is 244 Å². The molecule has 0 spiro atoms. The van der Waals surface area contributed by atoms with Crippen LogP contribution in [-0.4, -0.2) is 44.8 Å². The van der Waals surface area contributed by atoms with E-state index >= 15 is 0 Å². The molecule has 0 aromatic heterocycles. The number of rotatable bonds is 11. The van der Waals surface area contributed by atoms with E-state index in [1.165, 1.54) is 54.4 Å². The molecule has 0 saturated heterocycles. The van der Waals surface area contributed by atoms with E-state index in [1.54, 1.807) is 36.4 Å². The molecule has 0 saturated carbocycles. The Kier molecular flexibility index (Phi) is 9.75. The minimum absolute atomic E-state index is 0.00926. The van der Waals surface area contributed by atoms with Crippen molar-refractivity contribution in [2.24, 2.45) is 0 Å². The van der Waals surface area contributed by atoms with E-state index in [0.717, 1.165) is 9.87 Å². The first-order valence-electron chi connectivity index (χ1n) is 12.8. The van der Waals surface area contributed by atoms with Crippen molar-refractivity contribution in [3.8, 4) is 0 Å². The van der Waals surface area contributed by atoms with Crippen LogP contribution in [0, 0.1) is 5.82 Å². The quantitative estimate of drug-likeness (QED) is 0.263. The van der Waals surface area contributed by atoms with Crippen molar-refractivity contribution >= 4 is 39.1 Å². The van der Waals surface area contributed by atoms with Crippen molar-refractivity contribution in [1.82, 2.24) is 10.2 Å². The molecule has 1 N–H and O–H groups in total. The van der Waals surface area contributed by atoms with Gasteiger partial charge in [0.25, 0.3) is 10.0 Å². The summed E-state index contributed by atoms with van der Waals surface area (Å²) in [5, 5.41) is 2.91. The van der Waals surface area contributed by atoms with Gasteiger partial charge in [-0.15, -0.1) is 0 Å². The minimum atomic E-state index is -4.21. The van der Waals surface area contributed by atoms with E-state index < -0.39 is 40.2 Å². The number of nitrogens with one attached hydrogen (secondary N) is 1. The number of hydrogen-bond donors (Lipinski definition) is 1. The average Bonchev–Trinajstić information content (AvgIpc) is 2.99. The molecule has 1 atom stereocenters. The van der Waals surface area contributed by atoms with Crippen molar-refractivity contribution in [3.05, 3.63) is 131 Å². The summed E-state index contributed by atoms with van der Waals surface area (Å²) in [4.78, 5) is 28.7. The van der Waals surface area contributed by atoms with Crippen molar-refractivity contribution in [1.29, 1.82) is 0 Å². The molecule has 0 unspecified atom stereocenters. The monoisotopic (exact) mass is 593 g/mol. The van der Waals surface area contributed by atoms with Gasteiger partial charge in [-0.3, -0.25) is 13.9 Å². The third kappa shape index (κ3) is 7.50. The second kappa shape index (κ2) is 13.4. The second-order valence-electron chi connectivity index (χ2n) is 9.27. The molecule has 0 aliphatic carbocycles. The summed E-state index contributed by atoms with van der Waals surface area (Å²) >= 11 is 6.20. The highest BCUT2D eigenvalue weighted by atomic mass is 35.5. The van der Waals surface area contributed by atoms with E-state index in [-0.39, 0.29) is 23.5 Å². The van der Waals surface area contributed by atoms with Gasteiger partial charge in [0.2, 0.25) is 11.8 Å². The van der Waals surface area contributed by atoms with Gasteiger partial charge in [-0.1, -0.05) is 78.3 Å². The largest absolute Gasteiger partial charge is 0.357 e. The fraction of sp³-hybridized carbons (Fsp3) is 0.161. The van der Waals surface area contributed by atoms with Crippen LogP contribution in [0.3, 0.4) is 0 Å². The lowest BCUT2D eigenvalue weighted by atomic mass is 10.0. The van der Waals surface area contributed by atoms with Gasteiger partial charge < -0.3 is 10.2 Å². The third-order valence-corrected chi connectivity index (χ3v) is 8.51. The van der Waals surface area contributed by atoms with Crippen molar-refractivity contribution in [3.63, 3.8) is 0 Å². The van der Waals surface area contributed by atoms with Gasteiger partial charge in [0.05, 0.1) is 10.6 Å². The maximum atomic E-state index is 14.1. The summed E-state index contributed by atoms with van der Waals surface area (Å²) in [5.74, 6) is -1.50. The van der Waals surface area contributed by atoms with Crippen LogP contribution in [0.1, 0.15) is 11.1 Å². The summed E-state index contributed by atoms with van der Waals surface area (Å²) < 4.78 is 42.3. The molecule has 4 rings (SSSR count). The molecule has 2 amide bonds. The lowest BCUT2D eigenvalue weighted by Gasteiger charge is -2.33. The molecule has 0 aliphatic heterocycles. The Hall–Kier alpha value is -4.21. The van der Waals surface area contributed by atoms with Crippen LogP contribution in [0.25, 0.3) is 0 Å². The maximum Gasteiger partial charge on any atom is 0.264 e. The molecule has 41 heavy (non-hydrogen) atoms. The second-order valence-corrected chi connectivity index (χ2v) is 11.6. The van der Waals surface area contributed by atoms with E-state index in [1.807, 2.05) is 30.3 Å². The number of amides is 2. The Morgan fingerprint density at radius 1 is 0.854 bits per heavy atom. The topological polar surface area (TPSA) is 86.8 Å². The van der Waals surface area contributed by atoms with Gasteiger partial charge in [0.15, 0.2) is 0 Å². The number of nitrogens with zero attached hydrogens (tertiary/aromatic N) is 2. The number of carbonyl (C=O) groups excluding carboxylic acids is 2. The molecule has 212 valence electrons. The molecule has 0 fully saturated rings. The average molecular weight is 594 g/mol. The standard InChI is InChI=1S/C31H29ClFN3O4S/c1-34-31(38)29(19-23-9-4-2-5-10-23)35(21-24-15-17-26(33)18-16-24)30(37)22-36(27-12-8-11-25(32)20-27)41(39,40)28-13-6-3-7-14-28/h2-18,20,29H,19,21-22H2,1H3,(H,34,38)/t29-/m1/s1. The Morgan fingerprint density at radius 3 is 2.10 bits per heavy atom. The van der Waals surface area contributed by atoms with Crippen LogP contribution in [-0.2, 0) is 32.6 Å². The first-order chi connectivity index (χ1) is 19.7. The summed E-state index contributed by atoms with van der Waals surface area (Å²) in [6.07, 6.45) is 0.177. The molecular weight excluding hydrogens is 565 g/mol. The zero-order chi connectivity index (χ0) is 29.4. The highest BCUT2D eigenvalue weighted by Gasteiger charge is 2.34. The number of likely N-dealkylation sites (N-methyl/N-ethyl adjacent to an activating group) is 1. The van der Waals surface area contributed by atoms with E-state index in [4.69, 9.17) is 11.6 Å². The smallest absolute Gasteiger partial charge is 0.264 e. The van der Waals surface area contributed by atoms with Crippen LogP contribution >= 0.6 is 11.6 Å². The molecule has 4 aromatic rings. The van der Waals surface area contributed by atoms with Gasteiger partial charge in [-0.05, 0) is 53.6 Å². The van der Waals surface area contributed by atoms with Crippen LogP contribution in [0.4, 0.5) is 10.1 Å². The minimum Gasteiger partial charge on any atom is -0.357 e. The highest BCUT2D eigenvalue weighted by molar-refractivity contribution is 7.92. The Morgan fingerprint density at radius 2 is 1.49 bits per heavy atom. The lowest BCUT2D eigenvalue weighted by molar-refractivity contribution is -0.139. The predicted octanol–water partition coefficient (Wildman–Crippen LogP) is 5.06. The van der Waals surface area contributed by atoms with Gasteiger partial charge in [0, 0.05) is 25.0 Å². The van der Waals surface area contributed by atoms with Crippen molar-refractivity contribution in [2.45, 2.75) is 23.9 Å². The van der Waals surface area contributed by atoms with Crippen LogP contribution in [0.5, 0.6) is 0 Å².